The highest BCUT2D eigenvalue weighted by atomic mass is 79.9. The standard InChI is InChI=1S/C15H16BrN3O3/c1-17-4-6-18(7-5-17)13(20)9-19-14(21)11-3-2-10(16)8-12(11)15(19)22/h2-3,8H,4-7,9H2,1H3. The van der Waals surface area contributed by atoms with Crippen LogP contribution in [0.5, 0.6) is 0 Å². The average molecular weight is 366 g/mol. The number of amides is 3. The van der Waals surface area contributed by atoms with Crippen LogP contribution in [0.4, 0.5) is 0 Å². The fourth-order valence-electron chi connectivity index (χ4n) is 2.70. The Labute approximate surface area is 136 Å². The molecule has 116 valence electrons. The molecule has 1 aromatic carbocycles. The second-order valence-corrected chi connectivity index (χ2v) is 6.49. The maximum absolute atomic E-state index is 12.3. The number of benzene rings is 1. The van der Waals surface area contributed by atoms with Crippen molar-refractivity contribution >= 4 is 33.7 Å². The minimum Gasteiger partial charge on any atom is -0.339 e. The molecule has 0 spiro atoms. The predicted octanol–water partition coefficient (Wildman–Crippen LogP) is 0.819. The van der Waals surface area contributed by atoms with Gasteiger partial charge in [0.25, 0.3) is 11.8 Å². The van der Waals surface area contributed by atoms with E-state index < -0.39 is 11.8 Å². The second-order valence-electron chi connectivity index (χ2n) is 5.57. The molecule has 3 rings (SSSR count). The van der Waals surface area contributed by atoms with Crippen molar-refractivity contribution in [1.29, 1.82) is 0 Å². The van der Waals surface area contributed by atoms with Gasteiger partial charge in [0.15, 0.2) is 0 Å². The summed E-state index contributed by atoms with van der Waals surface area (Å²) in [5.74, 6) is -0.972. The minimum absolute atomic E-state index is 0.179. The first kappa shape index (κ1) is 15.2. The third-order valence-electron chi connectivity index (χ3n) is 4.08. The van der Waals surface area contributed by atoms with E-state index in [1.54, 1.807) is 23.1 Å². The van der Waals surface area contributed by atoms with Gasteiger partial charge in [0.05, 0.1) is 11.1 Å². The Bertz CT molecular complexity index is 653. The number of rotatable bonds is 2. The number of nitrogens with zero attached hydrogens (tertiary/aromatic N) is 3. The molecule has 0 atom stereocenters. The predicted molar refractivity (Wildman–Crippen MR) is 83.6 cm³/mol. The van der Waals surface area contributed by atoms with Crippen LogP contribution in [-0.2, 0) is 4.79 Å². The molecule has 0 saturated carbocycles. The van der Waals surface area contributed by atoms with Crippen LogP contribution < -0.4 is 0 Å². The first-order chi connectivity index (χ1) is 10.5. The molecule has 22 heavy (non-hydrogen) atoms. The van der Waals surface area contributed by atoms with Gasteiger partial charge in [-0.1, -0.05) is 15.9 Å². The van der Waals surface area contributed by atoms with E-state index in [0.29, 0.717) is 24.2 Å². The van der Waals surface area contributed by atoms with Gasteiger partial charge in [-0.2, -0.15) is 0 Å². The number of piperazine rings is 1. The summed E-state index contributed by atoms with van der Waals surface area (Å²) in [7, 11) is 2.00. The van der Waals surface area contributed by atoms with Gasteiger partial charge in [-0.05, 0) is 25.2 Å². The maximum atomic E-state index is 12.3. The van der Waals surface area contributed by atoms with Gasteiger partial charge < -0.3 is 9.80 Å². The highest BCUT2D eigenvalue weighted by Crippen LogP contribution is 2.26. The van der Waals surface area contributed by atoms with Crippen LogP contribution in [-0.4, -0.2) is 72.2 Å². The lowest BCUT2D eigenvalue weighted by molar-refractivity contribution is -0.133. The summed E-state index contributed by atoms with van der Waals surface area (Å²) in [5, 5.41) is 0. The monoisotopic (exact) mass is 365 g/mol. The fourth-order valence-corrected chi connectivity index (χ4v) is 3.06. The molecule has 7 heteroatoms. The molecule has 2 aliphatic heterocycles. The third kappa shape index (κ3) is 2.66. The van der Waals surface area contributed by atoms with Crippen molar-refractivity contribution < 1.29 is 14.4 Å². The summed E-state index contributed by atoms with van der Waals surface area (Å²) >= 11 is 3.29. The lowest BCUT2D eigenvalue weighted by atomic mass is 10.1. The van der Waals surface area contributed by atoms with Gasteiger partial charge in [0.1, 0.15) is 6.54 Å². The first-order valence-corrected chi connectivity index (χ1v) is 7.89. The van der Waals surface area contributed by atoms with E-state index in [-0.39, 0.29) is 12.5 Å². The van der Waals surface area contributed by atoms with E-state index in [4.69, 9.17) is 0 Å². The van der Waals surface area contributed by atoms with Crippen molar-refractivity contribution in [1.82, 2.24) is 14.7 Å². The van der Waals surface area contributed by atoms with Crippen molar-refractivity contribution in [3.05, 3.63) is 33.8 Å². The first-order valence-electron chi connectivity index (χ1n) is 7.09. The molecule has 0 aromatic heterocycles. The molecule has 0 radical (unpaired) electrons. The van der Waals surface area contributed by atoms with E-state index >= 15 is 0 Å². The summed E-state index contributed by atoms with van der Waals surface area (Å²) in [5.41, 5.74) is 0.713. The van der Waals surface area contributed by atoms with Gasteiger partial charge in [-0.15, -0.1) is 0 Å². The molecule has 0 unspecified atom stereocenters. The Kier molecular flexibility index (Phi) is 4.01. The summed E-state index contributed by atoms with van der Waals surface area (Å²) in [6.45, 7) is 2.68. The lowest BCUT2D eigenvalue weighted by Crippen LogP contribution is -2.50. The number of likely N-dealkylation sites (N-methyl/N-ethyl adjacent to an activating group) is 1. The zero-order valence-corrected chi connectivity index (χ0v) is 13.8. The second kappa shape index (κ2) is 5.81. The number of halogens is 1. The summed E-state index contributed by atoms with van der Waals surface area (Å²) in [6, 6.07) is 4.95. The van der Waals surface area contributed by atoms with Gasteiger partial charge in [-0.25, -0.2) is 0 Å². The van der Waals surface area contributed by atoms with Crippen molar-refractivity contribution in [3.8, 4) is 0 Å². The molecule has 2 heterocycles. The average Bonchev–Trinajstić information content (AvgIpc) is 2.72. The zero-order chi connectivity index (χ0) is 15.9. The lowest BCUT2D eigenvalue weighted by Gasteiger charge is -2.33. The molecule has 2 aliphatic rings. The van der Waals surface area contributed by atoms with Crippen LogP contribution in [0.25, 0.3) is 0 Å². The van der Waals surface area contributed by atoms with Crippen LogP contribution in [0, 0.1) is 0 Å². The number of carbonyl (C=O) groups is 3. The molecule has 1 saturated heterocycles. The van der Waals surface area contributed by atoms with Gasteiger partial charge in [-0.3, -0.25) is 19.3 Å². The maximum Gasteiger partial charge on any atom is 0.262 e. The van der Waals surface area contributed by atoms with Gasteiger partial charge >= 0.3 is 0 Å². The van der Waals surface area contributed by atoms with Crippen LogP contribution in [0.15, 0.2) is 22.7 Å². The third-order valence-corrected chi connectivity index (χ3v) is 4.58. The molecule has 0 aliphatic carbocycles. The number of hydrogen-bond donors (Lipinski definition) is 0. The number of imide groups is 1. The Balaban J connectivity index is 1.73. The van der Waals surface area contributed by atoms with Crippen LogP contribution >= 0.6 is 15.9 Å². The molecule has 0 N–H and O–H groups in total. The molecule has 0 bridgehead atoms. The van der Waals surface area contributed by atoms with Gasteiger partial charge in [0, 0.05) is 30.7 Å². The van der Waals surface area contributed by atoms with Crippen molar-refractivity contribution in [3.63, 3.8) is 0 Å². The highest BCUT2D eigenvalue weighted by molar-refractivity contribution is 9.10. The van der Waals surface area contributed by atoms with E-state index in [1.165, 1.54) is 0 Å². The van der Waals surface area contributed by atoms with E-state index in [2.05, 4.69) is 20.8 Å². The summed E-state index contributed by atoms with van der Waals surface area (Å²) in [6.07, 6.45) is 0. The SMILES string of the molecule is CN1CCN(C(=O)CN2C(=O)c3ccc(Br)cc3C2=O)CC1. The normalized spacial score (nSPS) is 18.8. The zero-order valence-electron chi connectivity index (χ0n) is 12.2. The van der Waals surface area contributed by atoms with Crippen molar-refractivity contribution in [2.24, 2.45) is 0 Å². The number of fused-ring (bicyclic) bond motifs is 1. The van der Waals surface area contributed by atoms with Crippen molar-refractivity contribution in [2.75, 3.05) is 39.8 Å². The quantitative estimate of drug-likeness (QED) is 0.728. The molecule has 6 nitrogen and oxygen atoms in total. The fraction of sp³-hybridized carbons (Fsp3) is 0.400. The largest absolute Gasteiger partial charge is 0.339 e. The molecular formula is C15H16BrN3O3. The van der Waals surface area contributed by atoms with E-state index in [1.807, 2.05) is 7.05 Å². The van der Waals surface area contributed by atoms with E-state index in [0.717, 1.165) is 22.5 Å². The van der Waals surface area contributed by atoms with Gasteiger partial charge in [0.2, 0.25) is 5.91 Å². The molecule has 1 fully saturated rings. The smallest absolute Gasteiger partial charge is 0.262 e. The molecule has 1 aromatic rings. The van der Waals surface area contributed by atoms with E-state index in [9.17, 15) is 14.4 Å². The Hall–Kier alpha value is -1.73. The Morgan fingerprint density at radius 3 is 2.41 bits per heavy atom. The summed E-state index contributed by atoms with van der Waals surface area (Å²) in [4.78, 5) is 41.8. The Morgan fingerprint density at radius 2 is 1.73 bits per heavy atom. The Morgan fingerprint density at radius 1 is 1.09 bits per heavy atom. The van der Waals surface area contributed by atoms with Crippen LogP contribution in [0.1, 0.15) is 20.7 Å². The van der Waals surface area contributed by atoms with Crippen LogP contribution in [0.3, 0.4) is 0 Å². The topological polar surface area (TPSA) is 60.9 Å². The van der Waals surface area contributed by atoms with Crippen molar-refractivity contribution in [2.45, 2.75) is 0 Å². The summed E-state index contributed by atoms with van der Waals surface area (Å²) < 4.78 is 0.736. The molecule has 3 amide bonds. The number of hydrogen-bond acceptors (Lipinski definition) is 4. The number of carbonyl (C=O) groups excluding carboxylic acids is 3. The minimum atomic E-state index is -0.399. The van der Waals surface area contributed by atoms with Crippen LogP contribution in [0.2, 0.25) is 0 Å². The molecular weight excluding hydrogens is 350 g/mol. The highest BCUT2D eigenvalue weighted by Gasteiger charge is 2.37.